The third-order valence-corrected chi connectivity index (χ3v) is 9.78. The van der Waals surface area contributed by atoms with Gasteiger partial charge >= 0.3 is 29.2 Å². The highest BCUT2D eigenvalue weighted by Gasteiger charge is 2.43. The number of rotatable bonds is 13. The van der Waals surface area contributed by atoms with Gasteiger partial charge < -0.3 is 34.2 Å². The number of nitro groups is 1. The van der Waals surface area contributed by atoms with E-state index < -0.39 is 82.8 Å². The van der Waals surface area contributed by atoms with Gasteiger partial charge in [-0.2, -0.15) is 8.62 Å². The number of phosphoric acid groups is 3. The maximum absolute atomic E-state index is 12.6. The second-order valence-electron chi connectivity index (χ2n) is 10.5. The molecule has 44 heavy (non-hydrogen) atoms. The topological polar surface area (TPSA) is 297 Å². The van der Waals surface area contributed by atoms with Gasteiger partial charge in [-0.05, 0) is 11.5 Å². The molecular weight excluding hydrogens is 659 g/mol. The number of nitrogens with one attached hydrogen (secondary N) is 1. The molecule has 0 radical (unpaired) electrons. The minimum absolute atomic E-state index is 0.0905. The third-order valence-electron chi connectivity index (χ3n) is 5.98. The Labute approximate surface area is 247 Å². The molecule has 1 aromatic heterocycles. The number of hydrogen-bond donors (Lipinski definition) is 6. The number of hydrogen-bond acceptors (Lipinski definition) is 13. The maximum atomic E-state index is 12.6. The van der Waals surface area contributed by atoms with E-state index in [1.165, 1.54) is 18.2 Å². The zero-order valence-electron chi connectivity index (χ0n) is 23.2. The lowest BCUT2D eigenvalue weighted by atomic mass is 9.84. The Balaban J connectivity index is 1.75. The van der Waals surface area contributed by atoms with Crippen LogP contribution in [0.15, 0.2) is 40.1 Å². The molecule has 3 rings (SSSR count). The summed E-state index contributed by atoms with van der Waals surface area (Å²) in [7, 11) is -16.9. The number of aliphatic hydroxyl groups is 1. The lowest BCUT2D eigenvalue weighted by Gasteiger charge is -2.30. The first-order chi connectivity index (χ1) is 20.1. The van der Waals surface area contributed by atoms with Crippen LogP contribution in [0.3, 0.4) is 0 Å². The first-order valence-corrected chi connectivity index (χ1v) is 16.9. The van der Waals surface area contributed by atoms with E-state index in [0.29, 0.717) is 0 Å². The third kappa shape index (κ3) is 9.79. The second-order valence-corrected chi connectivity index (χ2v) is 14.9. The summed E-state index contributed by atoms with van der Waals surface area (Å²) in [6.07, 6.45) is -4.24. The summed E-state index contributed by atoms with van der Waals surface area (Å²) in [6, 6.07) is 5.93. The van der Waals surface area contributed by atoms with E-state index in [0.717, 1.165) is 10.8 Å². The van der Waals surface area contributed by atoms with Crippen LogP contribution in [0.1, 0.15) is 50.7 Å². The van der Waals surface area contributed by atoms with Crippen LogP contribution in [-0.2, 0) is 42.9 Å². The summed E-state index contributed by atoms with van der Waals surface area (Å²) in [5, 5.41) is 22.0. The van der Waals surface area contributed by atoms with Crippen LogP contribution in [0, 0.1) is 15.5 Å². The molecule has 1 aliphatic rings. The molecule has 0 aliphatic carbocycles. The molecule has 20 nitrogen and oxygen atoms in total. The fraction of sp³-hybridized carbons (Fsp3) is 0.524. The molecule has 2 unspecified atom stereocenters. The van der Waals surface area contributed by atoms with Crippen molar-refractivity contribution in [2.45, 2.75) is 58.3 Å². The number of H-pyrrole nitrogens is 1. The molecule has 0 bridgehead atoms. The van der Waals surface area contributed by atoms with E-state index in [-0.39, 0.29) is 23.2 Å². The van der Waals surface area contributed by atoms with Gasteiger partial charge in [0.25, 0.3) is 11.2 Å². The largest absolute Gasteiger partial charge is 0.490 e. The van der Waals surface area contributed by atoms with E-state index in [1.54, 1.807) is 26.8 Å². The second kappa shape index (κ2) is 13.5. The van der Waals surface area contributed by atoms with Gasteiger partial charge in [-0.25, -0.2) is 18.5 Å². The molecule has 23 heteroatoms. The van der Waals surface area contributed by atoms with Gasteiger partial charge in [0.1, 0.15) is 12.3 Å². The van der Waals surface area contributed by atoms with Gasteiger partial charge in [-0.3, -0.25) is 29.0 Å². The normalized spacial score (nSPS) is 22.7. The highest BCUT2D eigenvalue weighted by Crippen LogP contribution is 2.66. The number of benzene rings is 1. The Morgan fingerprint density at radius 2 is 1.75 bits per heavy atom. The van der Waals surface area contributed by atoms with E-state index in [4.69, 9.17) is 19.3 Å². The van der Waals surface area contributed by atoms with Crippen molar-refractivity contribution in [3.8, 4) is 0 Å². The number of aromatic nitrogens is 2. The minimum atomic E-state index is -5.77. The lowest BCUT2D eigenvalue weighted by Crippen LogP contribution is -2.35. The van der Waals surface area contributed by atoms with Crippen molar-refractivity contribution in [3.05, 3.63) is 72.5 Å². The molecule has 1 aliphatic heterocycles. The predicted octanol–water partition coefficient (Wildman–Crippen LogP) is 1.74. The smallest absolute Gasteiger partial charge is 0.390 e. The highest BCUT2D eigenvalue weighted by atomic mass is 31.3. The summed E-state index contributed by atoms with van der Waals surface area (Å²) in [5.74, 6) is 0. The minimum Gasteiger partial charge on any atom is -0.390 e. The Bertz CT molecular complexity index is 1630. The number of ether oxygens (including phenoxy) is 2. The molecule has 2 heterocycles. The van der Waals surface area contributed by atoms with E-state index in [1.807, 2.05) is 0 Å². The predicted molar refractivity (Wildman–Crippen MR) is 146 cm³/mol. The first-order valence-electron chi connectivity index (χ1n) is 12.4. The Hall–Kier alpha value is -2.41. The van der Waals surface area contributed by atoms with E-state index in [9.17, 15) is 48.3 Å². The van der Waals surface area contributed by atoms with Crippen LogP contribution in [0.25, 0.3) is 0 Å². The van der Waals surface area contributed by atoms with Crippen LogP contribution >= 0.6 is 23.5 Å². The van der Waals surface area contributed by atoms with Crippen molar-refractivity contribution in [2.24, 2.45) is 5.41 Å². The average Bonchev–Trinajstić information content (AvgIpc) is 3.21. The molecule has 6 atom stereocenters. The molecule has 0 saturated carbocycles. The van der Waals surface area contributed by atoms with Gasteiger partial charge in [0.2, 0.25) is 0 Å². The summed E-state index contributed by atoms with van der Waals surface area (Å²) in [6.45, 7) is 3.94. The van der Waals surface area contributed by atoms with Gasteiger partial charge in [-0.15, -0.1) is 0 Å². The Morgan fingerprint density at radius 1 is 1.11 bits per heavy atom. The Kier molecular flexibility index (Phi) is 11.1. The standard InChI is InChI=1S/C21H30N3O17P3/c1-21(2,3)18(13-6-4-5-7-14(13)24(28)29)37-10-12-9-23(20(27)22-19(12)26)17-8-15(25)16(39-17)11-38-43(33,34)41-44(35,36)40-42(30,31)32/h4-7,9,15-18,25H,8,10-11H2,1-3H3,(H,33,34)(H,35,36)(H,22,26,27)(H2,30,31,32)/t15-,16-,17-,18-/m1/s1. The first kappa shape index (κ1) is 36.1. The molecule has 1 fully saturated rings. The zero-order chi connectivity index (χ0) is 33.3. The summed E-state index contributed by atoms with van der Waals surface area (Å²) < 4.78 is 58.3. The maximum Gasteiger partial charge on any atom is 0.490 e. The molecule has 0 amide bonds. The molecular formula is C21H30N3O17P3. The molecule has 2 aromatic rings. The lowest BCUT2D eigenvalue weighted by molar-refractivity contribution is -0.386. The molecule has 6 N–H and O–H groups in total. The highest BCUT2D eigenvalue weighted by molar-refractivity contribution is 7.66. The number of para-hydroxylation sites is 1. The van der Waals surface area contributed by atoms with Gasteiger partial charge in [-0.1, -0.05) is 32.9 Å². The van der Waals surface area contributed by atoms with Crippen LogP contribution in [-0.4, -0.2) is 58.0 Å². The quantitative estimate of drug-likeness (QED) is 0.0991. The molecule has 0 spiro atoms. The number of phosphoric ester groups is 1. The van der Waals surface area contributed by atoms with Gasteiger partial charge in [0, 0.05) is 18.7 Å². The Morgan fingerprint density at radius 3 is 2.34 bits per heavy atom. The number of nitro benzene ring substituents is 1. The summed E-state index contributed by atoms with van der Waals surface area (Å²) in [5.41, 5.74) is -2.49. The van der Waals surface area contributed by atoms with Gasteiger partial charge in [0.15, 0.2) is 0 Å². The van der Waals surface area contributed by atoms with Crippen molar-refractivity contribution in [1.29, 1.82) is 0 Å². The zero-order valence-corrected chi connectivity index (χ0v) is 25.9. The van der Waals surface area contributed by atoms with Crippen molar-refractivity contribution >= 4 is 29.2 Å². The number of aliphatic hydroxyl groups excluding tert-OH is 1. The molecule has 1 saturated heterocycles. The van der Waals surface area contributed by atoms with Crippen molar-refractivity contribution in [3.63, 3.8) is 0 Å². The number of nitrogens with zero attached hydrogens (tertiary/aromatic N) is 2. The fourth-order valence-corrected chi connectivity index (χ4v) is 7.24. The van der Waals surface area contributed by atoms with Crippen molar-refractivity contribution in [2.75, 3.05) is 6.61 Å². The van der Waals surface area contributed by atoms with Crippen LogP contribution < -0.4 is 11.2 Å². The van der Waals surface area contributed by atoms with E-state index >= 15 is 0 Å². The van der Waals surface area contributed by atoms with E-state index in [2.05, 4.69) is 18.1 Å². The summed E-state index contributed by atoms with van der Waals surface area (Å²) >= 11 is 0. The molecule has 246 valence electrons. The van der Waals surface area contributed by atoms with Crippen molar-refractivity contribution < 1.29 is 65.9 Å². The fourth-order valence-electron chi connectivity index (χ4n) is 4.21. The summed E-state index contributed by atoms with van der Waals surface area (Å²) in [4.78, 5) is 74.3. The van der Waals surface area contributed by atoms with Crippen molar-refractivity contribution in [1.82, 2.24) is 9.55 Å². The molecule has 1 aromatic carbocycles. The number of aromatic amines is 1. The van der Waals surface area contributed by atoms with Crippen LogP contribution in [0.5, 0.6) is 0 Å². The van der Waals surface area contributed by atoms with Crippen LogP contribution in [0.4, 0.5) is 5.69 Å². The van der Waals surface area contributed by atoms with Crippen LogP contribution in [0.2, 0.25) is 0 Å². The van der Waals surface area contributed by atoms with Gasteiger partial charge in [0.05, 0.1) is 41.5 Å². The SMILES string of the molecule is CC(C)(C)[C@H](OCc1cn([C@H]2C[C@@H](O)[C@@H](COP(=O)(O)OP(=O)(O)OP(=O)(O)O)O2)c(=O)[nH]c1=O)c1ccccc1[N+](=O)[O-]. The average molecular weight is 689 g/mol. The monoisotopic (exact) mass is 689 g/mol.